The van der Waals surface area contributed by atoms with Gasteiger partial charge in [0.25, 0.3) is 5.91 Å². The van der Waals surface area contributed by atoms with Crippen molar-refractivity contribution >= 4 is 27.4 Å². The topological polar surface area (TPSA) is 117 Å². The first-order valence-corrected chi connectivity index (χ1v) is 12.1. The molecule has 4 N–H and O–H groups in total. The van der Waals surface area contributed by atoms with Crippen molar-refractivity contribution in [1.29, 1.82) is 0 Å². The molecule has 0 aliphatic carbocycles. The highest BCUT2D eigenvalue weighted by Crippen LogP contribution is 2.53. The molecule has 184 valence electrons. The Morgan fingerprint density at radius 1 is 1.26 bits per heavy atom. The molecular formula is C22H24F3N3O5S. The van der Waals surface area contributed by atoms with Crippen LogP contribution in [0.2, 0.25) is 0 Å². The molecule has 3 aromatic rings. The van der Waals surface area contributed by atoms with Crippen LogP contribution in [0.1, 0.15) is 36.8 Å². The average Bonchev–Trinajstić information content (AvgIpc) is 3.06. The van der Waals surface area contributed by atoms with E-state index in [0.29, 0.717) is 0 Å². The number of nitrogens with one attached hydrogen (secondary N) is 1. The van der Waals surface area contributed by atoms with Crippen molar-refractivity contribution in [3.05, 3.63) is 53.5 Å². The second kappa shape index (κ2) is 8.15. The Labute approximate surface area is 194 Å². The first kappa shape index (κ1) is 24.3. The lowest BCUT2D eigenvalue weighted by molar-refractivity contribution is -0.0498. The second-order valence-corrected chi connectivity index (χ2v) is 11.3. The third kappa shape index (κ3) is 4.71. The number of carbonyl (C=O) groups is 1. The number of aliphatic hydroxyl groups is 1. The van der Waals surface area contributed by atoms with Crippen molar-refractivity contribution in [2.24, 2.45) is 0 Å². The van der Waals surface area contributed by atoms with E-state index >= 15 is 4.39 Å². The summed E-state index contributed by atoms with van der Waals surface area (Å²) in [5.41, 5.74) is -2.20. The second-order valence-electron chi connectivity index (χ2n) is 9.16. The number of ether oxygens (including phenoxy) is 1. The molecule has 1 aliphatic heterocycles. The number of amides is 1. The van der Waals surface area contributed by atoms with Crippen LogP contribution in [0.15, 0.2) is 36.4 Å². The van der Waals surface area contributed by atoms with Crippen molar-refractivity contribution in [2.45, 2.75) is 38.5 Å². The molecule has 1 aromatic heterocycles. The molecule has 0 atom stereocenters. The van der Waals surface area contributed by atoms with Crippen molar-refractivity contribution in [1.82, 2.24) is 15.1 Å². The Hall–Kier alpha value is -2.80. The maximum absolute atomic E-state index is 15.4. The van der Waals surface area contributed by atoms with Crippen LogP contribution >= 0.6 is 10.6 Å². The molecule has 0 spiro atoms. The van der Waals surface area contributed by atoms with E-state index in [9.17, 15) is 27.8 Å². The maximum Gasteiger partial charge on any atom is 0.387 e. The molecule has 1 saturated heterocycles. The molecule has 0 unspecified atom stereocenters. The van der Waals surface area contributed by atoms with Crippen LogP contribution in [0, 0.1) is 5.82 Å². The SMILES string of the molecule is CC1(NC(=O)c2cc(F)c3c(c2)c(C(C)(C)O)nn3-c2cccc(OC(F)F)c2)CS(O)(O)C1. The third-order valence-corrected chi connectivity index (χ3v) is 7.57. The smallest absolute Gasteiger partial charge is 0.387 e. The fourth-order valence-electron chi connectivity index (χ4n) is 4.16. The van der Waals surface area contributed by atoms with Gasteiger partial charge in [0.15, 0.2) is 0 Å². The standard InChI is InChI=1S/C22H24F3N3O5S/c1-21(2,30)18-15-7-12(19(29)26-22(3)10-34(31,32)11-22)8-16(23)17(15)28(27-18)13-5-4-6-14(9-13)33-20(24)25/h4-9,20,30-32H,10-11H2,1-3H3,(H,26,29). The molecule has 34 heavy (non-hydrogen) atoms. The van der Waals surface area contributed by atoms with Crippen LogP contribution in [0.5, 0.6) is 5.75 Å². The quantitative estimate of drug-likeness (QED) is 0.403. The van der Waals surface area contributed by atoms with Gasteiger partial charge in [-0.15, -0.1) is 0 Å². The number of aromatic nitrogens is 2. The van der Waals surface area contributed by atoms with Gasteiger partial charge in [-0.25, -0.2) is 9.07 Å². The van der Waals surface area contributed by atoms with Crippen LogP contribution in [0.3, 0.4) is 0 Å². The van der Waals surface area contributed by atoms with Gasteiger partial charge < -0.3 is 15.2 Å². The van der Waals surface area contributed by atoms with E-state index in [1.54, 1.807) is 6.92 Å². The summed E-state index contributed by atoms with van der Waals surface area (Å²) >= 11 is 0. The van der Waals surface area contributed by atoms with E-state index in [1.165, 1.54) is 44.2 Å². The highest BCUT2D eigenvalue weighted by molar-refractivity contribution is 8.25. The Bertz CT molecular complexity index is 1260. The number of alkyl halides is 2. The molecule has 1 amide bonds. The molecule has 1 aliphatic rings. The highest BCUT2D eigenvalue weighted by atomic mass is 32.3. The Morgan fingerprint density at radius 3 is 2.53 bits per heavy atom. The van der Waals surface area contributed by atoms with E-state index in [2.05, 4.69) is 15.2 Å². The van der Waals surface area contributed by atoms with Gasteiger partial charge in [-0.05, 0) is 45.0 Å². The lowest BCUT2D eigenvalue weighted by Gasteiger charge is -2.54. The molecule has 12 heteroatoms. The van der Waals surface area contributed by atoms with Crippen molar-refractivity contribution in [3.8, 4) is 11.4 Å². The molecule has 2 heterocycles. The zero-order valence-corrected chi connectivity index (χ0v) is 19.4. The predicted molar refractivity (Wildman–Crippen MR) is 121 cm³/mol. The lowest BCUT2D eigenvalue weighted by Crippen LogP contribution is -2.61. The van der Waals surface area contributed by atoms with E-state index in [4.69, 9.17) is 0 Å². The van der Waals surface area contributed by atoms with E-state index < -0.39 is 40.1 Å². The van der Waals surface area contributed by atoms with Gasteiger partial charge in [0.2, 0.25) is 0 Å². The molecule has 1 fully saturated rings. The fraction of sp³-hybridized carbons (Fsp3) is 0.364. The first-order chi connectivity index (χ1) is 15.7. The highest BCUT2D eigenvalue weighted by Gasteiger charge is 2.45. The normalized spacial score (nSPS) is 17.9. The number of hydrogen-bond acceptors (Lipinski definition) is 6. The predicted octanol–water partition coefficient (Wildman–Crippen LogP) is 4.25. The summed E-state index contributed by atoms with van der Waals surface area (Å²) in [6.45, 7) is 1.50. The van der Waals surface area contributed by atoms with Crippen LogP contribution in [-0.4, -0.2) is 53.6 Å². The summed E-state index contributed by atoms with van der Waals surface area (Å²) in [5.74, 6) is -1.60. The average molecular weight is 500 g/mol. The van der Waals surface area contributed by atoms with Gasteiger partial charge in [0.05, 0.1) is 22.7 Å². The fourth-order valence-corrected chi connectivity index (χ4v) is 6.26. The van der Waals surface area contributed by atoms with Gasteiger partial charge in [0.1, 0.15) is 28.4 Å². The number of hydrogen-bond donors (Lipinski definition) is 4. The number of nitrogens with zero attached hydrogens (tertiary/aromatic N) is 2. The summed E-state index contributed by atoms with van der Waals surface area (Å²) in [6.07, 6.45) is 0. The van der Waals surface area contributed by atoms with Gasteiger partial charge >= 0.3 is 6.61 Å². The molecule has 0 radical (unpaired) electrons. The van der Waals surface area contributed by atoms with Crippen LogP contribution in [0.4, 0.5) is 13.2 Å². The minimum Gasteiger partial charge on any atom is -0.435 e. The van der Waals surface area contributed by atoms with E-state index in [-0.39, 0.29) is 45.1 Å². The molecule has 4 rings (SSSR count). The van der Waals surface area contributed by atoms with Gasteiger partial charge in [-0.3, -0.25) is 13.9 Å². The van der Waals surface area contributed by atoms with Gasteiger partial charge in [-0.1, -0.05) is 6.07 Å². The summed E-state index contributed by atoms with van der Waals surface area (Å²) in [6, 6.07) is 7.89. The van der Waals surface area contributed by atoms with Crippen molar-refractivity contribution in [3.63, 3.8) is 0 Å². The minimum atomic E-state index is -3.05. The lowest BCUT2D eigenvalue weighted by atomic mass is 9.99. The number of benzene rings is 2. The summed E-state index contributed by atoms with van der Waals surface area (Å²) in [7, 11) is -2.72. The molecule has 0 bridgehead atoms. The molecule has 0 saturated carbocycles. The zero-order valence-electron chi connectivity index (χ0n) is 18.6. The molecule has 2 aromatic carbocycles. The summed E-state index contributed by atoms with van der Waals surface area (Å²) < 4.78 is 65.5. The minimum absolute atomic E-state index is 0.000346. The largest absolute Gasteiger partial charge is 0.435 e. The number of carbonyl (C=O) groups excluding carboxylic acids is 1. The summed E-state index contributed by atoms with van der Waals surface area (Å²) in [4.78, 5) is 12.8. The van der Waals surface area contributed by atoms with Gasteiger partial charge in [0, 0.05) is 17.0 Å². The van der Waals surface area contributed by atoms with Crippen LogP contribution in [-0.2, 0) is 5.60 Å². The van der Waals surface area contributed by atoms with Crippen molar-refractivity contribution in [2.75, 3.05) is 11.5 Å². The van der Waals surface area contributed by atoms with Crippen LogP contribution < -0.4 is 10.1 Å². The maximum atomic E-state index is 15.4. The van der Waals surface area contributed by atoms with Crippen molar-refractivity contribution < 1.29 is 36.9 Å². The van der Waals surface area contributed by atoms with Crippen LogP contribution in [0.25, 0.3) is 16.6 Å². The van der Waals surface area contributed by atoms with Gasteiger partial charge in [-0.2, -0.15) is 24.5 Å². The summed E-state index contributed by atoms with van der Waals surface area (Å²) in [5, 5.41) is 17.8. The Morgan fingerprint density at radius 2 is 1.94 bits per heavy atom. The number of halogens is 3. The Balaban J connectivity index is 1.80. The number of fused-ring (bicyclic) bond motifs is 1. The molecule has 8 nitrogen and oxygen atoms in total. The number of rotatable bonds is 6. The third-order valence-electron chi connectivity index (χ3n) is 5.37. The van der Waals surface area contributed by atoms with E-state index in [0.717, 1.165) is 10.7 Å². The first-order valence-electron chi connectivity index (χ1n) is 10.2. The van der Waals surface area contributed by atoms with E-state index in [1.807, 2.05) is 0 Å². The zero-order chi connectivity index (χ0) is 25.1. The molecular weight excluding hydrogens is 475 g/mol. The monoisotopic (exact) mass is 499 g/mol. The Kier molecular flexibility index (Phi) is 5.83.